The molecule has 0 amide bonds. The average molecular weight is 243 g/mol. The molecule has 1 aliphatic carbocycles. The molecule has 0 spiro atoms. The zero-order chi connectivity index (χ0) is 12.5. The summed E-state index contributed by atoms with van der Waals surface area (Å²) in [5, 5.41) is 0. The lowest BCUT2D eigenvalue weighted by molar-refractivity contribution is 0.174. The van der Waals surface area contributed by atoms with Crippen molar-refractivity contribution in [2.24, 2.45) is 0 Å². The molecule has 1 saturated heterocycles. The first-order chi connectivity index (χ1) is 8.74. The van der Waals surface area contributed by atoms with Gasteiger partial charge in [-0.1, -0.05) is 23.8 Å². The van der Waals surface area contributed by atoms with E-state index in [0.717, 1.165) is 12.1 Å². The van der Waals surface area contributed by atoms with Crippen molar-refractivity contribution < 1.29 is 0 Å². The third kappa shape index (κ3) is 2.33. The van der Waals surface area contributed by atoms with Gasteiger partial charge in [-0.3, -0.25) is 4.90 Å². The lowest BCUT2D eigenvalue weighted by Crippen LogP contribution is -2.37. The van der Waals surface area contributed by atoms with Gasteiger partial charge in [0.25, 0.3) is 0 Å². The average Bonchev–Trinajstić information content (AvgIpc) is 2.67. The standard InChI is InChI=1S/C17H25N/c1-13-5-6-15-7-9-17(10-8-16(15)12-13)18-11-3-4-14(18)2/h5-6,12,14,17H,3-4,7-11H2,1-2H3/t14-,17?/m1/s1. The fraction of sp³-hybridized carbons (Fsp3) is 0.647. The highest BCUT2D eigenvalue weighted by molar-refractivity contribution is 5.32. The molecule has 0 saturated carbocycles. The number of likely N-dealkylation sites (tertiary alicyclic amines) is 1. The second kappa shape index (κ2) is 5.05. The van der Waals surface area contributed by atoms with Gasteiger partial charge in [0.05, 0.1) is 0 Å². The fourth-order valence-electron chi connectivity index (χ4n) is 3.85. The third-order valence-electron chi connectivity index (χ3n) is 4.93. The number of hydrogen-bond acceptors (Lipinski definition) is 1. The van der Waals surface area contributed by atoms with Gasteiger partial charge in [-0.15, -0.1) is 0 Å². The Morgan fingerprint density at radius 1 is 1.06 bits per heavy atom. The molecule has 2 aliphatic rings. The van der Waals surface area contributed by atoms with E-state index in [1.54, 1.807) is 11.1 Å². The van der Waals surface area contributed by atoms with Crippen LogP contribution in [0.2, 0.25) is 0 Å². The van der Waals surface area contributed by atoms with E-state index in [-0.39, 0.29) is 0 Å². The van der Waals surface area contributed by atoms with Gasteiger partial charge in [0.15, 0.2) is 0 Å². The normalized spacial score (nSPS) is 29.0. The molecule has 0 aromatic heterocycles. The van der Waals surface area contributed by atoms with Crippen molar-refractivity contribution in [3.63, 3.8) is 0 Å². The Balaban J connectivity index is 1.74. The monoisotopic (exact) mass is 243 g/mol. The molecule has 1 fully saturated rings. The van der Waals surface area contributed by atoms with E-state index < -0.39 is 0 Å². The number of rotatable bonds is 1. The molecular formula is C17H25N. The van der Waals surface area contributed by atoms with Crippen LogP contribution in [-0.2, 0) is 12.8 Å². The molecule has 2 atom stereocenters. The molecule has 1 aliphatic heterocycles. The molecule has 1 unspecified atom stereocenters. The van der Waals surface area contributed by atoms with Gasteiger partial charge in [0.2, 0.25) is 0 Å². The summed E-state index contributed by atoms with van der Waals surface area (Å²) in [7, 11) is 0. The Morgan fingerprint density at radius 3 is 2.56 bits per heavy atom. The van der Waals surface area contributed by atoms with Gasteiger partial charge in [-0.2, -0.15) is 0 Å². The van der Waals surface area contributed by atoms with Crippen LogP contribution in [0.4, 0.5) is 0 Å². The molecule has 1 aromatic carbocycles. The summed E-state index contributed by atoms with van der Waals surface area (Å²) in [6.45, 7) is 5.96. The van der Waals surface area contributed by atoms with Gasteiger partial charge < -0.3 is 0 Å². The summed E-state index contributed by atoms with van der Waals surface area (Å²) in [6, 6.07) is 8.69. The highest BCUT2D eigenvalue weighted by Gasteiger charge is 2.28. The fourth-order valence-corrected chi connectivity index (χ4v) is 3.85. The number of aryl methyl sites for hydroxylation is 3. The van der Waals surface area contributed by atoms with Gasteiger partial charge in [0, 0.05) is 12.1 Å². The molecule has 0 radical (unpaired) electrons. The van der Waals surface area contributed by atoms with E-state index in [0.29, 0.717) is 0 Å². The van der Waals surface area contributed by atoms with Crippen LogP contribution in [0.1, 0.15) is 49.3 Å². The predicted molar refractivity (Wildman–Crippen MR) is 77.0 cm³/mol. The molecule has 1 nitrogen and oxygen atoms in total. The van der Waals surface area contributed by atoms with Crippen molar-refractivity contribution in [1.82, 2.24) is 4.90 Å². The summed E-state index contributed by atoms with van der Waals surface area (Å²) >= 11 is 0. The molecule has 1 heteroatoms. The number of nitrogens with zero attached hydrogens (tertiary/aromatic N) is 1. The van der Waals surface area contributed by atoms with Crippen molar-refractivity contribution in [3.8, 4) is 0 Å². The first kappa shape index (κ1) is 12.2. The van der Waals surface area contributed by atoms with Crippen LogP contribution in [0.3, 0.4) is 0 Å². The van der Waals surface area contributed by atoms with E-state index in [1.807, 2.05) is 0 Å². The van der Waals surface area contributed by atoms with Crippen molar-refractivity contribution >= 4 is 0 Å². The lowest BCUT2D eigenvalue weighted by atomic mass is 10.0. The van der Waals surface area contributed by atoms with E-state index in [2.05, 4.69) is 36.9 Å². The minimum Gasteiger partial charge on any atom is -0.298 e. The van der Waals surface area contributed by atoms with Crippen molar-refractivity contribution in [2.75, 3.05) is 6.54 Å². The van der Waals surface area contributed by atoms with E-state index in [4.69, 9.17) is 0 Å². The second-order valence-electron chi connectivity index (χ2n) is 6.23. The van der Waals surface area contributed by atoms with Crippen LogP contribution < -0.4 is 0 Å². The van der Waals surface area contributed by atoms with Crippen LogP contribution in [-0.4, -0.2) is 23.5 Å². The number of benzene rings is 1. The molecule has 0 N–H and O–H groups in total. The van der Waals surface area contributed by atoms with E-state index in [9.17, 15) is 0 Å². The van der Waals surface area contributed by atoms with Crippen molar-refractivity contribution in [1.29, 1.82) is 0 Å². The molecule has 0 bridgehead atoms. The van der Waals surface area contributed by atoms with Gasteiger partial charge in [-0.25, -0.2) is 0 Å². The van der Waals surface area contributed by atoms with Crippen LogP contribution in [0, 0.1) is 6.92 Å². The first-order valence-electron chi connectivity index (χ1n) is 7.58. The maximum Gasteiger partial charge on any atom is 0.0104 e. The molecule has 1 aromatic rings. The minimum absolute atomic E-state index is 0.818. The van der Waals surface area contributed by atoms with Crippen molar-refractivity contribution in [2.45, 2.75) is 64.5 Å². The summed E-state index contributed by atoms with van der Waals surface area (Å²) in [6.07, 6.45) is 8.10. The SMILES string of the molecule is Cc1ccc2c(c1)CCC(N1CCC[C@H]1C)CC2. The lowest BCUT2D eigenvalue weighted by Gasteiger charge is -2.30. The Bertz CT molecular complexity index is 424. The summed E-state index contributed by atoms with van der Waals surface area (Å²) < 4.78 is 0. The van der Waals surface area contributed by atoms with Crippen LogP contribution in [0.15, 0.2) is 18.2 Å². The zero-order valence-electron chi connectivity index (χ0n) is 11.8. The molecule has 18 heavy (non-hydrogen) atoms. The van der Waals surface area contributed by atoms with Gasteiger partial charge in [-0.05, 0) is 70.0 Å². The summed E-state index contributed by atoms with van der Waals surface area (Å²) in [4.78, 5) is 2.78. The predicted octanol–water partition coefficient (Wildman–Crippen LogP) is 3.73. The highest BCUT2D eigenvalue weighted by Crippen LogP contribution is 2.29. The molecule has 1 heterocycles. The highest BCUT2D eigenvalue weighted by atomic mass is 15.2. The Morgan fingerprint density at radius 2 is 1.83 bits per heavy atom. The molecular weight excluding hydrogens is 218 g/mol. The van der Waals surface area contributed by atoms with Crippen LogP contribution in [0.5, 0.6) is 0 Å². The zero-order valence-corrected chi connectivity index (χ0v) is 11.8. The Hall–Kier alpha value is -0.820. The summed E-state index contributed by atoms with van der Waals surface area (Å²) in [5.41, 5.74) is 4.64. The maximum absolute atomic E-state index is 2.78. The smallest absolute Gasteiger partial charge is 0.0104 e. The molecule has 3 rings (SSSR count). The quantitative estimate of drug-likeness (QED) is 0.679. The second-order valence-corrected chi connectivity index (χ2v) is 6.23. The van der Waals surface area contributed by atoms with Crippen LogP contribution >= 0.6 is 0 Å². The van der Waals surface area contributed by atoms with Crippen LogP contribution in [0.25, 0.3) is 0 Å². The third-order valence-corrected chi connectivity index (χ3v) is 4.93. The van der Waals surface area contributed by atoms with Gasteiger partial charge >= 0.3 is 0 Å². The van der Waals surface area contributed by atoms with E-state index >= 15 is 0 Å². The van der Waals surface area contributed by atoms with Crippen molar-refractivity contribution in [3.05, 3.63) is 34.9 Å². The minimum atomic E-state index is 0.818. The Labute approximate surface area is 111 Å². The first-order valence-corrected chi connectivity index (χ1v) is 7.58. The van der Waals surface area contributed by atoms with Gasteiger partial charge in [0.1, 0.15) is 0 Å². The topological polar surface area (TPSA) is 3.24 Å². The largest absolute Gasteiger partial charge is 0.298 e. The Kier molecular flexibility index (Phi) is 3.43. The molecule has 98 valence electrons. The van der Waals surface area contributed by atoms with E-state index in [1.165, 1.54) is 50.6 Å². The number of hydrogen-bond donors (Lipinski definition) is 0. The summed E-state index contributed by atoms with van der Waals surface area (Å²) in [5.74, 6) is 0. The number of fused-ring (bicyclic) bond motifs is 1. The maximum atomic E-state index is 2.78.